The Hall–Kier alpha value is -2.39. The summed E-state index contributed by atoms with van der Waals surface area (Å²) >= 11 is 0.893. The van der Waals surface area contributed by atoms with Crippen LogP contribution in [0.5, 0.6) is 0 Å². The van der Waals surface area contributed by atoms with Crippen LogP contribution < -0.4 is 22.5 Å². The average Bonchev–Trinajstić information content (AvgIpc) is 2.46. The summed E-state index contributed by atoms with van der Waals surface area (Å²) in [4.78, 5) is 36.4. The molecular weight excluding hydrogens is 282 g/mol. The summed E-state index contributed by atoms with van der Waals surface area (Å²) in [6.07, 6.45) is 0. The van der Waals surface area contributed by atoms with Gasteiger partial charge in [-0.15, -0.1) is 0 Å². The predicted molar refractivity (Wildman–Crippen MR) is 72.8 cm³/mol. The summed E-state index contributed by atoms with van der Waals surface area (Å²) in [5.74, 6) is 4.67. The van der Waals surface area contributed by atoms with Gasteiger partial charge in [-0.05, 0) is 5.56 Å². The highest BCUT2D eigenvalue weighted by atomic mass is 32.2. The van der Waals surface area contributed by atoms with Gasteiger partial charge in [-0.3, -0.25) is 20.0 Å². The molecule has 5 N–H and O–H groups in total. The Balaban J connectivity index is 2.36. The lowest BCUT2D eigenvalue weighted by molar-refractivity contribution is -0.120. The Morgan fingerprint density at radius 1 is 1.30 bits per heavy atom. The average molecular weight is 293 g/mol. The van der Waals surface area contributed by atoms with Crippen LogP contribution in [0.15, 0.2) is 44.9 Å². The molecule has 9 heteroatoms. The van der Waals surface area contributed by atoms with Crippen molar-refractivity contribution in [2.75, 3.05) is 0 Å². The summed E-state index contributed by atoms with van der Waals surface area (Å²) in [7, 11) is 0. The molecule has 1 amide bonds. The van der Waals surface area contributed by atoms with Crippen LogP contribution in [-0.4, -0.2) is 21.1 Å². The molecule has 0 radical (unpaired) electrons. The Kier molecular flexibility index (Phi) is 4.33. The summed E-state index contributed by atoms with van der Waals surface area (Å²) in [6, 6.07) is 8.78. The zero-order valence-electron chi connectivity index (χ0n) is 10.1. The monoisotopic (exact) mass is 293 g/mol. The fourth-order valence-electron chi connectivity index (χ4n) is 1.50. The van der Waals surface area contributed by atoms with E-state index in [9.17, 15) is 14.4 Å². The Morgan fingerprint density at radius 3 is 2.60 bits per heavy atom. The molecule has 2 aromatic rings. The van der Waals surface area contributed by atoms with E-state index in [2.05, 4.69) is 10.2 Å². The third-order valence-electron chi connectivity index (χ3n) is 2.39. The van der Waals surface area contributed by atoms with Crippen LogP contribution >= 0.6 is 11.8 Å². The molecule has 20 heavy (non-hydrogen) atoms. The first-order chi connectivity index (χ1) is 9.61. The topological polar surface area (TPSA) is 134 Å². The fourth-order valence-corrected chi connectivity index (χ4v) is 2.45. The number of aromatic nitrogens is 3. The van der Waals surface area contributed by atoms with Crippen molar-refractivity contribution in [3.63, 3.8) is 0 Å². The number of H-pyrrole nitrogens is 2. The number of carbonyl (C=O) groups is 1. The lowest BCUT2D eigenvalue weighted by Crippen LogP contribution is -2.34. The summed E-state index contributed by atoms with van der Waals surface area (Å²) in [6.45, 7) is 0. The SMILES string of the molecule is NNC(=O)C(Sc1n[nH]c(=O)[nH]c1=O)c1ccccc1. The van der Waals surface area contributed by atoms with E-state index >= 15 is 0 Å². The number of thioether (sulfide) groups is 1. The molecule has 0 saturated carbocycles. The first-order valence-electron chi connectivity index (χ1n) is 5.53. The highest BCUT2D eigenvalue weighted by Crippen LogP contribution is 2.32. The minimum absolute atomic E-state index is 0.0259. The number of nitrogens with two attached hydrogens (primary N) is 1. The molecule has 1 heterocycles. The molecule has 1 aromatic carbocycles. The van der Waals surface area contributed by atoms with Gasteiger partial charge in [0.05, 0.1) is 0 Å². The Bertz CT molecular complexity index is 712. The van der Waals surface area contributed by atoms with Crippen molar-refractivity contribution in [1.29, 1.82) is 0 Å². The third kappa shape index (κ3) is 3.13. The van der Waals surface area contributed by atoms with Gasteiger partial charge in [-0.2, -0.15) is 5.10 Å². The minimum atomic E-state index is -0.749. The van der Waals surface area contributed by atoms with Crippen LogP contribution in [0.25, 0.3) is 0 Å². The van der Waals surface area contributed by atoms with E-state index in [-0.39, 0.29) is 5.03 Å². The van der Waals surface area contributed by atoms with Crippen molar-refractivity contribution in [2.45, 2.75) is 10.3 Å². The number of rotatable bonds is 4. The second-order valence-corrected chi connectivity index (χ2v) is 4.82. The van der Waals surface area contributed by atoms with Crippen molar-refractivity contribution in [1.82, 2.24) is 20.6 Å². The first-order valence-corrected chi connectivity index (χ1v) is 6.41. The molecular formula is C11H11N5O3S. The quantitative estimate of drug-likeness (QED) is 0.254. The van der Waals surface area contributed by atoms with Gasteiger partial charge in [0.1, 0.15) is 5.25 Å². The first kappa shape index (κ1) is 14.0. The Morgan fingerprint density at radius 2 is 2.00 bits per heavy atom. The highest BCUT2D eigenvalue weighted by Gasteiger charge is 2.23. The van der Waals surface area contributed by atoms with Gasteiger partial charge >= 0.3 is 5.69 Å². The molecule has 1 aromatic heterocycles. The van der Waals surface area contributed by atoms with Gasteiger partial charge in [0.2, 0.25) is 0 Å². The number of hydrazine groups is 1. The molecule has 1 atom stereocenters. The van der Waals surface area contributed by atoms with E-state index in [1.165, 1.54) is 0 Å². The van der Waals surface area contributed by atoms with Gasteiger partial charge in [-0.1, -0.05) is 42.1 Å². The number of amides is 1. The molecule has 0 saturated heterocycles. The van der Waals surface area contributed by atoms with Crippen molar-refractivity contribution in [3.8, 4) is 0 Å². The van der Waals surface area contributed by atoms with Crippen LogP contribution in [0.3, 0.4) is 0 Å². The van der Waals surface area contributed by atoms with Crippen molar-refractivity contribution in [3.05, 3.63) is 56.7 Å². The number of aromatic amines is 2. The molecule has 0 aliphatic carbocycles. The Labute approximate surface area is 116 Å². The molecule has 1 unspecified atom stereocenters. The van der Waals surface area contributed by atoms with Crippen molar-refractivity contribution in [2.24, 2.45) is 5.84 Å². The maximum absolute atomic E-state index is 11.8. The number of nitrogens with zero attached hydrogens (tertiary/aromatic N) is 1. The van der Waals surface area contributed by atoms with E-state index in [0.717, 1.165) is 11.8 Å². The molecule has 0 fully saturated rings. The molecule has 0 spiro atoms. The van der Waals surface area contributed by atoms with Gasteiger partial charge in [0.25, 0.3) is 11.5 Å². The van der Waals surface area contributed by atoms with E-state index in [1.807, 2.05) is 10.4 Å². The second-order valence-electron chi connectivity index (χ2n) is 3.73. The van der Waals surface area contributed by atoms with Crippen LogP contribution in [0.4, 0.5) is 0 Å². The molecule has 0 bridgehead atoms. The maximum Gasteiger partial charge on any atom is 0.342 e. The van der Waals surface area contributed by atoms with Gasteiger partial charge < -0.3 is 0 Å². The standard InChI is InChI=1S/C11H11N5O3S/c12-14-8(17)7(6-4-2-1-3-5-6)20-10-9(18)13-11(19)16-15-10/h1-5,7H,12H2,(H,14,17)(H2,13,16,18,19). The van der Waals surface area contributed by atoms with E-state index < -0.39 is 22.4 Å². The van der Waals surface area contributed by atoms with Crippen molar-refractivity contribution < 1.29 is 4.79 Å². The molecule has 8 nitrogen and oxygen atoms in total. The van der Waals surface area contributed by atoms with Crippen LogP contribution in [0.1, 0.15) is 10.8 Å². The van der Waals surface area contributed by atoms with Gasteiger partial charge in [-0.25, -0.2) is 15.7 Å². The molecule has 0 aliphatic heterocycles. The predicted octanol–water partition coefficient (Wildman–Crippen LogP) is -0.719. The molecule has 2 rings (SSSR count). The highest BCUT2D eigenvalue weighted by molar-refractivity contribution is 8.00. The molecule has 0 aliphatic rings. The van der Waals surface area contributed by atoms with Crippen LogP contribution in [0, 0.1) is 0 Å². The van der Waals surface area contributed by atoms with E-state index in [0.29, 0.717) is 5.56 Å². The summed E-state index contributed by atoms with van der Waals surface area (Å²) < 4.78 is 0. The minimum Gasteiger partial charge on any atom is -0.293 e. The number of nitrogens with one attached hydrogen (secondary N) is 3. The third-order valence-corrected chi connectivity index (χ3v) is 3.61. The molecule has 104 valence electrons. The second kappa shape index (κ2) is 6.17. The fraction of sp³-hybridized carbons (Fsp3) is 0.0909. The van der Waals surface area contributed by atoms with Crippen LogP contribution in [0.2, 0.25) is 0 Å². The number of hydrogen-bond donors (Lipinski definition) is 4. The van der Waals surface area contributed by atoms with E-state index in [4.69, 9.17) is 5.84 Å². The smallest absolute Gasteiger partial charge is 0.293 e. The van der Waals surface area contributed by atoms with E-state index in [1.54, 1.807) is 30.3 Å². The lowest BCUT2D eigenvalue weighted by Gasteiger charge is -2.13. The summed E-state index contributed by atoms with van der Waals surface area (Å²) in [5.41, 5.74) is 1.33. The largest absolute Gasteiger partial charge is 0.342 e. The van der Waals surface area contributed by atoms with Gasteiger partial charge in [0.15, 0.2) is 5.03 Å². The number of hydrogen-bond acceptors (Lipinski definition) is 6. The van der Waals surface area contributed by atoms with Gasteiger partial charge in [0, 0.05) is 0 Å². The maximum atomic E-state index is 11.8. The normalized spacial score (nSPS) is 11.8. The zero-order chi connectivity index (χ0) is 14.5. The summed E-state index contributed by atoms with van der Waals surface area (Å²) in [5, 5.41) is 4.96. The zero-order valence-corrected chi connectivity index (χ0v) is 10.9. The number of carbonyl (C=O) groups excluding carboxylic acids is 1. The van der Waals surface area contributed by atoms with Crippen molar-refractivity contribution >= 4 is 17.7 Å². The lowest BCUT2D eigenvalue weighted by atomic mass is 10.1. The van der Waals surface area contributed by atoms with Crippen LogP contribution in [-0.2, 0) is 4.79 Å². The number of benzene rings is 1.